The molecular formula is C27H34N2O3. The van der Waals surface area contributed by atoms with Crippen LogP contribution in [0.3, 0.4) is 0 Å². The predicted molar refractivity (Wildman–Crippen MR) is 130 cm³/mol. The zero-order chi connectivity index (χ0) is 23.4. The van der Waals surface area contributed by atoms with Gasteiger partial charge in [0, 0.05) is 17.4 Å². The van der Waals surface area contributed by atoms with Crippen molar-refractivity contribution in [1.29, 1.82) is 0 Å². The van der Waals surface area contributed by atoms with Crippen molar-refractivity contribution in [3.63, 3.8) is 0 Å². The van der Waals surface area contributed by atoms with Gasteiger partial charge in [0.25, 0.3) is 0 Å². The Bertz CT molecular complexity index is 1140. The Balaban J connectivity index is 2.16. The Morgan fingerprint density at radius 1 is 1.03 bits per heavy atom. The van der Waals surface area contributed by atoms with Gasteiger partial charge in [-0.15, -0.1) is 0 Å². The largest absolute Gasteiger partial charge is 0.478 e. The fourth-order valence-electron chi connectivity index (χ4n) is 4.34. The van der Waals surface area contributed by atoms with Crippen LogP contribution in [-0.4, -0.2) is 20.2 Å². The number of aromatic nitrogens is 2. The van der Waals surface area contributed by atoms with Crippen molar-refractivity contribution in [3.8, 4) is 11.1 Å². The Kier molecular flexibility index (Phi) is 7.39. The molecule has 3 aromatic rings. The van der Waals surface area contributed by atoms with Crippen molar-refractivity contribution >= 4 is 5.97 Å². The smallest absolute Gasteiger partial charge is 0.336 e. The molecule has 2 aromatic carbocycles. The van der Waals surface area contributed by atoms with E-state index in [-0.39, 0.29) is 23.8 Å². The van der Waals surface area contributed by atoms with Gasteiger partial charge in [-0.05, 0) is 55.7 Å². The lowest BCUT2D eigenvalue weighted by atomic mass is 9.95. The molecule has 5 heteroatoms. The molecule has 3 rings (SSSR count). The van der Waals surface area contributed by atoms with Crippen LogP contribution >= 0.6 is 0 Å². The first-order valence-electron chi connectivity index (χ1n) is 11.5. The zero-order valence-electron chi connectivity index (χ0n) is 19.8. The maximum atomic E-state index is 13.5. The number of rotatable bonds is 9. The van der Waals surface area contributed by atoms with E-state index in [0.717, 1.165) is 36.2 Å². The minimum Gasteiger partial charge on any atom is -0.478 e. The fourth-order valence-corrected chi connectivity index (χ4v) is 4.34. The molecule has 0 aliphatic heterocycles. The van der Waals surface area contributed by atoms with Crippen molar-refractivity contribution < 1.29 is 9.90 Å². The van der Waals surface area contributed by atoms with Crippen molar-refractivity contribution in [2.75, 3.05) is 0 Å². The first-order chi connectivity index (χ1) is 15.3. The summed E-state index contributed by atoms with van der Waals surface area (Å²) in [5.74, 6) is -0.463. The maximum absolute atomic E-state index is 13.5. The van der Waals surface area contributed by atoms with Crippen LogP contribution in [0, 0.1) is 12.8 Å². The molecule has 170 valence electrons. The molecule has 0 aliphatic rings. The van der Waals surface area contributed by atoms with E-state index < -0.39 is 5.97 Å². The summed E-state index contributed by atoms with van der Waals surface area (Å²) in [4.78, 5) is 25.8. The van der Waals surface area contributed by atoms with Gasteiger partial charge in [0.15, 0.2) is 0 Å². The van der Waals surface area contributed by atoms with Gasteiger partial charge in [0.2, 0.25) is 0 Å². The number of nitrogens with zero attached hydrogens (tertiary/aromatic N) is 2. The fraction of sp³-hybridized carbons (Fsp3) is 0.407. The van der Waals surface area contributed by atoms with E-state index in [4.69, 9.17) is 0 Å². The van der Waals surface area contributed by atoms with E-state index in [1.54, 1.807) is 4.57 Å². The predicted octanol–water partition coefficient (Wildman–Crippen LogP) is 5.93. The molecule has 0 aliphatic carbocycles. The lowest BCUT2D eigenvalue weighted by Crippen LogP contribution is -2.28. The third-order valence-corrected chi connectivity index (χ3v) is 6.31. The van der Waals surface area contributed by atoms with Crippen molar-refractivity contribution in [2.24, 2.45) is 5.92 Å². The normalized spacial score (nSPS) is 12.3. The molecule has 5 nitrogen and oxygen atoms in total. The topological polar surface area (TPSA) is 64.2 Å². The highest BCUT2D eigenvalue weighted by Gasteiger charge is 2.23. The maximum Gasteiger partial charge on any atom is 0.336 e. The monoisotopic (exact) mass is 434 g/mol. The Labute approximate surface area is 190 Å². The van der Waals surface area contributed by atoms with Crippen LogP contribution in [0.2, 0.25) is 0 Å². The Morgan fingerprint density at radius 2 is 1.72 bits per heavy atom. The van der Waals surface area contributed by atoms with E-state index in [1.807, 2.05) is 60.0 Å². The first kappa shape index (κ1) is 23.6. The van der Waals surface area contributed by atoms with Gasteiger partial charge in [-0.25, -0.2) is 9.59 Å². The van der Waals surface area contributed by atoms with Gasteiger partial charge < -0.3 is 5.11 Å². The van der Waals surface area contributed by atoms with E-state index in [9.17, 15) is 14.7 Å². The van der Waals surface area contributed by atoms with E-state index >= 15 is 0 Å². The van der Waals surface area contributed by atoms with Crippen molar-refractivity contribution in [1.82, 2.24) is 9.13 Å². The summed E-state index contributed by atoms with van der Waals surface area (Å²) in [5.41, 5.74) is 4.36. The molecule has 1 atom stereocenters. The van der Waals surface area contributed by atoms with E-state index in [2.05, 4.69) is 27.7 Å². The third kappa shape index (κ3) is 4.72. The minimum atomic E-state index is -0.977. The molecule has 0 saturated carbocycles. The summed E-state index contributed by atoms with van der Waals surface area (Å²) in [6, 6.07) is 15.2. The summed E-state index contributed by atoms with van der Waals surface area (Å²) >= 11 is 0. The highest BCUT2D eigenvalue weighted by atomic mass is 16.4. The number of imidazole rings is 1. The molecule has 0 spiro atoms. The molecule has 0 amide bonds. The van der Waals surface area contributed by atoms with Crippen LogP contribution in [-0.2, 0) is 13.0 Å². The van der Waals surface area contributed by atoms with Crippen molar-refractivity contribution in [2.45, 2.75) is 66.5 Å². The number of carboxylic acid groups (broad SMARTS) is 1. The summed E-state index contributed by atoms with van der Waals surface area (Å²) in [6.45, 7) is 10.7. The van der Waals surface area contributed by atoms with Crippen LogP contribution in [0.4, 0.5) is 0 Å². The number of carbonyl (C=O) groups is 1. The SMILES string of the molecule is CCC(C)n1c(C)c(CCC(C)C)n(Cc2cccc(-c3ccccc3)c2C(=O)O)c1=O. The Hall–Kier alpha value is -3.08. The van der Waals surface area contributed by atoms with Gasteiger partial charge in [0.05, 0.1) is 12.1 Å². The molecule has 1 unspecified atom stereocenters. The molecule has 0 fully saturated rings. The van der Waals surface area contributed by atoms with Gasteiger partial charge in [-0.1, -0.05) is 69.3 Å². The van der Waals surface area contributed by atoms with Crippen LogP contribution in [0.15, 0.2) is 53.3 Å². The highest BCUT2D eigenvalue weighted by molar-refractivity contribution is 5.97. The summed E-state index contributed by atoms with van der Waals surface area (Å²) in [5, 5.41) is 10.1. The molecule has 0 saturated heterocycles. The molecule has 1 aromatic heterocycles. The Morgan fingerprint density at radius 3 is 2.31 bits per heavy atom. The number of benzene rings is 2. The number of hydrogen-bond donors (Lipinski definition) is 1. The van der Waals surface area contributed by atoms with Gasteiger partial charge in [-0.3, -0.25) is 9.13 Å². The standard InChI is InChI=1S/C27H34N2O3/c1-6-19(4)29-20(5)24(16-15-18(2)3)28(27(29)32)17-22-13-10-14-23(25(22)26(30)31)21-11-8-7-9-12-21/h7-14,18-19H,6,15-17H2,1-5H3,(H,30,31). The molecule has 0 radical (unpaired) electrons. The quantitative estimate of drug-likeness (QED) is 0.454. The van der Waals surface area contributed by atoms with Gasteiger partial charge in [0.1, 0.15) is 0 Å². The molecule has 0 bridgehead atoms. The second kappa shape index (κ2) is 10.0. The van der Waals surface area contributed by atoms with Crippen LogP contribution < -0.4 is 5.69 Å². The minimum absolute atomic E-state index is 0.0583. The number of hydrogen-bond acceptors (Lipinski definition) is 2. The summed E-state index contributed by atoms with van der Waals surface area (Å²) < 4.78 is 3.66. The summed E-state index contributed by atoms with van der Waals surface area (Å²) in [6.07, 6.45) is 2.63. The van der Waals surface area contributed by atoms with Crippen LogP contribution in [0.1, 0.15) is 73.9 Å². The van der Waals surface area contributed by atoms with Crippen LogP contribution in [0.5, 0.6) is 0 Å². The lowest BCUT2D eigenvalue weighted by molar-refractivity contribution is 0.0696. The molecule has 1 heterocycles. The van der Waals surface area contributed by atoms with E-state index in [0.29, 0.717) is 17.0 Å². The van der Waals surface area contributed by atoms with Crippen molar-refractivity contribution in [3.05, 3.63) is 81.5 Å². The van der Waals surface area contributed by atoms with E-state index in [1.165, 1.54) is 0 Å². The average molecular weight is 435 g/mol. The van der Waals surface area contributed by atoms with Gasteiger partial charge in [-0.2, -0.15) is 0 Å². The zero-order valence-corrected chi connectivity index (χ0v) is 19.8. The first-order valence-corrected chi connectivity index (χ1v) is 11.5. The molecule has 32 heavy (non-hydrogen) atoms. The third-order valence-electron chi connectivity index (χ3n) is 6.31. The number of aromatic carboxylic acids is 1. The summed E-state index contributed by atoms with van der Waals surface area (Å²) in [7, 11) is 0. The van der Waals surface area contributed by atoms with Crippen LogP contribution in [0.25, 0.3) is 11.1 Å². The molecular weight excluding hydrogens is 400 g/mol. The second-order valence-corrected chi connectivity index (χ2v) is 8.97. The molecule has 1 N–H and O–H groups in total. The highest BCUT2D eigenvalue weighted by Crippen LogP contribution is 2.28. The number of carboxylic acids is 1. The second-order valence-electron chi connectivity index (χ2n) is 8.97. The van der Waals surface area contributed by atoms with Gasteiger partial charge >= 0.3 is 11.7 Å². The average Bonchev–Trinajstić information content (AvgIpc) is 3.00. The lowest BCUT2D eigenvalue weighted by Gasteiger charge is -2.14.